The van der Waals surface area contributed by atoms with Crippen LogP contribution in [0.4, 0.5) is 0 Å². The molecule has 1 aliphatic rings. The van der Waals surface area contributed by atoms with Gasteiger partial charge in [-0.3, -0.25) is 4.79 Å². The molecule has 1 saturated heterocycles. The monoisotopic (exact) mass is 197 g/mol. The van der Waals surface area contributed by atoms with E-state index in [1.807, 2.05) is 0 Å². The lowest BCUT2D eigenvalue weighted by atomic mass is 9.70. The smallest absolute Gasteiger partial charge is 0.228 e. The zero-order valence-corrected chi connectivity index (χ0v) is 9.89. The predicted octanol–water partition coefficient (Wildman–Crippen LogP) is 2.58. The van der Waals surface area contributed by atoms with Crippen molar-refractivity contribution in [3.05, 3.63) is 0 Å². The van der Waals surface area contributed by atoms with Crippen molar-refractivity contribution >= 4 is 5.91 Å². The van der Waals surface area contributed by atoms with Crippen LogP contribution in [-0.2, 0) is 4.79 Å². The molecule has 0 aromatic carbocycles. The number of β-lactam (4-membered cyclic amide) rings is 1. The minimum absolute atomic E-state index is 0.0154. The first-order valence-electron chi connectivity index (χ1n) is 5.74. The molecule has 0 radical (unpaired) electrons. The highest BCUT2D eigenvalue weighted by molar-refractivity contribution is 5.88. The highest BCUT2D eigenvalue weighted by Crippen LogP contribution is 2.37. The molecule has 1 aliphatic heterocycles. The van der Waals surface area contributed by atoms with Crippen molar-refractivity contribution in [1.82, 2.24) is 5.32 Å². The van der Waals surface area contributed by atoms with Crippen LogP contribution in [0.1, 0.15) is 47.0 Å². The summed E-state index contributed by atoms with van der Waals surface area (Å²) in [5, 5.41) is 2.89. The van der Waals surface area contributed by atoms with Gasteiger partial charge in [0.05, 0.1) is 5.41 Å². The van der Waals surface area contributed by atoms with Crippen LogP contribution in [0, 0.1) is 17.3 Å². The largest absolute Gasteiger partial charge is 0.354 e. The van der Waals surface area contributed by atoms with E-state index in [9.17, 15) is 4.79 Å². The Morgan fingerprint density at radius 2 is 1.93 bits per heavy atom. The molecule has 0 aromatic rings. The van der Waals surface area contributed by atoms with Crippen molar-refractivity contribution in [2.24, 2.45) is 17.3 Å². The molecule has 0 bridgehead atoms. The second-order valence-corrected chi connectivity index (χ2v) is 5.49. The number of hydrogen-bond acceptors (Lipinski definition) is 1. The Balaban J connectivity index is 2.50. The van der Waals surface area contributed by atoms with Crippen molar-refractivity contribution in [2.45, 2.75) is 47.0 Å². The maximum Gasteiger partial charge on any atom is 0.228 e. The quantitative estimate of drug-likeness (QED) is 0.674. The number of rotatable bonds is 5. The van der Waals surface area contributed by atoms with Gasteiger partial charge >= 0.3 is 0 Å². The Morgan fingerprint density at radius 3 is 2.21 bits per heavy atom. The number of nitrogens with one attached hydrogen (secondary N) is 1. The maximum atomic E-state index is 11.6. The molecule has 0 saturated carbocycles. The Labute approximate surface area is 87.5 Å². The Hall–Kier alpha value is -0.530. The first-order valence-corrected chi connectivity index (χ1v) is 5.74. The zero-order chi connectivity index (χ0) is 10.8. The molecule has 1 rings (SSSR count). The van der Waals surface area contributed by atoms with E-state index < -0.39 is 0 Å². The van der Waals surface area contributed by atoms with Gasteiger partial charge in [-0.2, -0.15) is 0 Å². The van der Waals surface area contributed by atoms with Crippen molar-refractivity contribution in [2.75, 3.05) is 6.54 Å². The summed E-state index contributed by atoms with van der Waals surface area (Å²) < 4.78 is 0. The van der Waals surface area contributed by atoms with Gasteiger partial charge < -0.3 is 5.32 Å². The fourth-order valence-electron chi connectivity index (χ4n) is 2.23. The summed E-state index contributed by atoms with van der Waals surface area (Å²) in [6.07, 6.45) is 3.28. The van der Waals surface area contributed by atoms with Gasteiger partial charge in [-0.25, -0.2) is 0 Å². The Morgan fingerprint density at radius 1 is 1.29 bits per heavy atom. The van der Waals surface area contributed by atoms with Gasteiger partial charge in [0.2, 0.25) is 5.91 Å². The number of amides is 1. The average Bonchev–Trinajstić information content (AvgIpc) is 2.08. The lowest BCUT2D eigenvalue weighted by Gasteiger charge is -2.42. The third-order valence-corrected chi connectivity index (χ3v) is 3.07. The molecule has 0 aliphatic carbocycles. The van der Waals surface area contributed by atoms with Crippen LogP contribution in [-0.4, -0.2) is 12.5 Å². The van der Waals surface area contributed by atoms with Gasteiger partial charge in [-0.15, -0.1) is 0 Å². The normalized spacial score (nSPS) is 26.6. The number of carbonyl (C=O) groups is 1. The van der Waals surface area contributed by atoms with Gasteiger partial charge in [0.25, 0.3) is 0 Å². The van der Waals surface area contributed by atoms with Crippen molar-refractivity contribution in [1.29, 1.82) is 0 Å². The summed E-state index contributed by atoms with van der Waals surface area (Å²) in [6, 6.07) is 0. The molecule has 1 atom stereocenters. The van der Waals surface area contributed by atoms with Crippen LogP contribution in [0.25, 0.3) is 0 Å². The van der Waals surface area contributed by atoms with Crippen LogP contribution in [0.3, 0.4) is 0 Å². The van der Waals surface area contributed by atoms with Gasteiger partial charge in [0.15, 0.2) is 0 Å². The predicted molar refractivity (Wildman–Crippen MR) is 59.0 cm³/mol. The summed E-state index contributed by atoms with van der Waals surface area (Å²) >= 11 is 0. The molecule has 1 unspecified atom stereocenters. The minimum Gasteiger partial charge on any atom is -0.354 e. The van der Waals surface area contributed by atoms with Crippen molar-refractivity contribution < 1.29 is 4.79 Å². The summed E-state index contributed by atoms with van der Waals surface area (Å²) in [6.45, 7) is 9.74. The summed E-state index contributed by atoms with van der Waals surface area (Å²) in [5.74, 6) is 1.60. The van der Waals surface area contributed by atoms with E-state index in [0.717, 1.165) is 19.4 Å². The Kier molecular flexibility index (Phi) is 3.57. The third kappa shape index (κ3) is 2.49. The van der Waals surface area contributed by atoms with E-state index >= 15 is 0 Å². The molecule has 0 aromatic heterocycles. The van der Waals surface area contributed by atoms with Gasteiger partial charge in [0.1, 0.15) is 0 Å². The van der Waals surface area contributed by atoms with E-state index in [2.05, 4.69) is 33.0 Å². The van der Waals surface area contributed by atoms with E-state index in [1.165, 1.54) is 6.42 Å². The zero-order valence-electron chi connectivity index (χ0n) is 9.89. The molecule has 82 valence electrons. The first kappa shape index (κ1) is 11.5. The maximum absolute atomic E-state index is 11.6. The average molecular weight is 197 g/mol. The standard InChI is InChI=1S/C12H23NO/c1-9(2)5-6-12(7-10(3)4)8-13-11(12)14/h9-10H,5-8H2,1-4H3,(H,13,14). The van der Waals surface area contributed by atoms with Crippen LogP contribution in [0.5, 0.6) is 0 Å². The van der Waals surface area contributed by atoms with Gasteiger partial charge in [-0.05, 0) is 31.1 Å². The van der Waals surface area contributed by atoms with E-state index in [0.29, 0.717) is 11.8 Å². The topological polar surface area (TPSA) is 29.1 Å². The number of hydrogen-bond donors (Lipinski definition) is 1. The molecule has 1 N–H and O–H groups in total. The molecule has 1 amide bonds. The second kappa shape index (κ2) is 4.33. The lowest BCUT2D eigenvalue weighted by Crippen LogP contribution is -2.59. The fraction of sp³-hybridized carbons (Fsp3) is 0.917. The molecule has 1 heterocycles. The minimum atomic E-state index is -0.0154. The molecular formula is C12H23NO. The van der Waals surface area contributed by atoms with Crippen LogP contribution in [0.15, 0.2) is 0 Å². The Bertz CT molecular complexity index is 210. The van der Waals surface area contributed by atoms with E-state index in [1.54, 1.807) is 0 Å². The highest BCUT2D eigenvalue weighted by atomic mass is 16.2. The summed E-state index contributed by atoms with van der Waals surface area (Å²) in [4.78, 5) is 11.6. The second-order valence-electron chi connectivity index (χ2n) is 5.49. The summed E-state index contributed by atoms with van der Waals surface area (Å²) in [7, 11) is 0. The van der Waals surface area contributed by atoms with Gasteiger partial charge in [-0.1, -0.05) is 27.7 Å². The third-order valence-electron chi connectivity index (χ3n) is 3.07. The fourth-order valence-corrected chi connectivity index (χ4v) is 2.23. The lowest BCUT2D eigenvalue weighted by molar-refractivity contribution is -0.142. The molecular weight excluding hydrogens is 174 g/mol. The van der Waals surface area contributed by atoms with Crippen molar-refractivity contribution in [3.63, 3.8) is 0 Å². The van der Waals surface area contributed by atoms with Crippen LogP contribution in [0.2, 0.25) is 0 Å². The van der Waals surface area contributed by atoms with Crippen molar-refractivity contribution in [3.8, 4) is 0 Å². The molecule has 14 heavy (non-hydrogen) atoms. The first-order chi connectivity index (χ1) is 6.46. The molecule has 0 spiro atoms. The van der Waals surface area contributed by atoms with E-state index in [-0.39, 0.29) is 11.3 Å². The van der Waals surface area contributed by atoms with Crippen LogP contribution < -0.4 is 5.32 Å². The number of carbonyl (C=O) groups excluding carboxylic acids is 1. The molecule has 2 nitrogen and oxygen atoms in total. The van der Waals surface area contributed by atoms with Gasteiger partial charge in [0, 0.05) is 6.54 Å². The van der Waals surface area contributed by atoms with Crippen LogP contribution >= 0.6 is 0 Å². The molecule has 2 heteroatoms. The van der Waals surface area contributed by atoms with E-state index in [4.69, 9.17) is 0 Å². The summed E-state index contributed by atoms with van der Waals surface area (Å²) in [5.41, 5.74) is -0.0154. The molecule has 1 fully saturated rings. The highest BCUT2D eigenvalue weighted by Gasteiger charge is 2.45. The SMILES string of the molecule is CC(C)CCC1(CC(C)C)CNC1=O.